The number of carbonyl (C=O) groups is 1. The highest BCUT2D eigenvalue weighted by molar-refractivity contribution is 9.10. The van der Waals surface area contributed by atoms with Gasteiger partial charge in [0.05, 0.1) is 17.6 Å². The van der Waals surface area contributed by atoms with Crippen LogP contribution in [0.15, 0.2) is 102 Å². The van der Waals surface area contributed by atoms with Gasteiger partial charge in [-0.15, -0.1) is 0 Å². The lowest BCUT2D eigenvalue weighted by atomic mass is 9.89. The molecular formula is C33H26BrN5O3. The average Bonchev–Trinajstić information content (AvgIpc) is 3.39. The SMILES string of the molecule is COc1ccc2[nH]c3c(c2c1)CCN(C(=O)Nc1cccc(Oc2ncc(Br)cn2)c1)C3c1cccc2ccccc12. The molecule has 0 spiro atoms. The zero-order chi connectivity index (χ0) is 28.6. The van der Waals surface area contributed by atoms with Crippen LogP contribution in [-0.2, 0) is 6.42 Å². The predicted molar refractivity (Wildman–Crippen MR) is 166 cm³/mol. The normalized spacial score (nSPS) is 14.5. The minimum atomic E-state index is -0.325. The van der Waals surface area contributed by atoms with Gasteiger partial charge in [0.25, 0.3) is 0 Å². The fraction of sp³-hybridized carbons (Fsp3) is 0.121. The second-order valence-electron chi connectivity index (χ2n) is 10.1. The van der Waals surface area contributed by atoms with E-state index in [2.05, 4.69) is 72.6 Å². The number of halogens is 1. The van der Waals surface area contributed by atoms with Crippen LogP contribution in [-0.4, -0.2) is 39.5 Å². The maximum Gasteiger partial charge on any atom is 0.322 e. The van der Waals surface area contributed by atoms with Crippen molar-refractivity contribution in [2.75, 3.05) is 19.0 Å². The van der Waals surface area contributed by atoms with Crippen LogP contribution in [0.5, 0.6) is 17.5 Å². The highest BCUT2D eigenvalue weighted by Gasteiger charge is 2.35. The van der Waals surface area contributed by atoms with Crippen molar-refractivity contribution in [3.05, 3.63) is 119 Å². The minimum absolute atomic E-state index is 0.202. The highest BCUT2D eigenvalue weighted by Crippen LogP contribution is 2.41. The highest BCUT2D eigenvalue weighted by atomic mass is 79.9. The molecule has 8 nitrogen and oxygen atoms in total. The van der Waals surface area contributed by atoms with E-state index in [1.807, 2.05) is 41.3 Å². The Kier molecular flexibility index (Phi) is 6.71. The van der Waals surface area contributed by atoms with Gasteiger partial charge >= 0.3 is 12.0 Å². The first kappa shape index (κ1) is 26.0. The van der Waals surface area contributed by atoms with E-state index >= 15 is 0 Å². The molecule has 42 heavy (non-hydrogen) atoms. The molecule has 208 valence electrons. The number of benzene rings is 4. The zero-order valence-electron chi connectivity index (χ0n) is 22.7. The molecular weight excluding hydrogens is 594 g/mol. The van der Waals surface area contributed by atoms with E-state index in [1.165, 1.54) is 5.56 Å². The van der Waals surface area contributed by atoms with Crippen molar-refractivity contribution < 1.29 is 14.3 Å². The minimum Gasteiger partial charge on any atom is -0.497 e. The molecule has 0 saturated heterocycles. The van der Waals surface area contributed by atoms with Crippen LogP contribution < -0.4 is 14.8 Å². The van der Waals surface area contributed by atoms with Gasteiger partial charge in [-0.05, 0) is 74.6 Å². The van der Waals surface area contributed by atoms with Crippen molar-refractivity contribution in [1.29, 1.82) is 0 Å². The number of fused-ring (bicyclic) bond motifs is 4. The number of amides is 2. The number of ether oxygens (including phenoxy) is 2. The summed E-state index contributed by atoms with van der Waals surface area (Å²) in [4.78, 5) is 27.9. The first-order valence-electron chi connectivity index (χ1n) is 13.6. The van der Waals surface area contributed by atoms with Crippen molar-refractivity contribution in [1.82, 2.24) is 19.9 Å². The number of nitrogens with zero attached hydrogens (tertiary/aromatic N) is 3. The van der Waals surface area contributed by atoms with E-state index in [0.717, 1.165) is 43.2 Å². The molecule has 1 aliphatic heterocycles. The Balaban J connectivity index is 1.26. The average molecular weight is 621 g/mol. The molecule has 2 N–H and O–H groups in total. The standard InChI is InChI=1S/C33H26BrN5O3/c1-41-23-12-13-29-28(17-23)26-14-15-39(31(30(26)38-29)27-11-4-7-20-6-2-3-10-25(20)27)33(40)37-22-8-5-9-24(16-22)42-32-35-18-21(34)19-36-32/h2-13,16-19,31,38H,14-15H2,1H3,(H,37,40). The lowest BCUT2D eigenvalue weighted by Gasteiger charge is -2.36. The maximum atomic E-state index is 14.0. The van der Waals surface area contributed by atoms with Crippen molar-refractivity contribution >= 4 is 49.3 Å². The third-order valence-electron chi connectivity index (χ3n) is 7.60. The summed E-state index contributed by atoms with van der Waals surface area (Å²) in [7, 11) is 1.68. The second kappa shape index (κ2) is 10.8. The lowest BCUT2D eigenvalue weighted by molar-refractivity contribution is 0.193. The number of anilines is 1. The fourth-order valence-corrected chi connectivity index (χ4v) is 5.92. The van der Waals surface area contributed by atoms with E-state index in [1.54, 1.807) is 31.6 Å². The summed E-state index contributed by atoms with van der Waals surface area (Å²) in [5.41, 5.74) is 4.91. The van der Waals surface area contributed by atoms with Crippen molar-refractivity contribution in [2.24, 2.45) is 0 Å². The molecule has 0 bridgehead atoms. The van der Waals surface area contributed by atoms with E-state index < -0.39 is 0 Å². The summed E-state index contributed by atoms with van der Waals surface area (Å²) in [5, 5.41) is 6.46. The Morgan fingerprint density at radius 3 is 2.62 bits per heavy atom. The smallest absolute Gasteiger partial charge is 0.322 e. The topological polar surface area (TPSA) is 92.4 Å². The molecule has 0 saturated carbocycles. The quantitative estimate of drug-likeness (QED) is 0.205. The molecule has 4 aromatic carbocycles. The van der Waals surface area contributed by atoms with Crippen LogP contribution in [0, 0.1) is 0 Å². The number of nitrogens with one attached hydrogen (secondary N) is 2. The van der Waals surface area contributed by atoms with E-state index in [0.29, 0.717) is 24.4 Å². The zero-order valence-corrected chi connectivity index (χ0v) is 24.3. The van der Waals surface area contributed by atoms with Crippen LogP contribution in [0.2, 0.25) is 0 Å². The first-order chi connectivity index (χ1) is 20.6. The lowest BCUT2D eigenvalue weighted by Crippen LogP contribution is -2.43. The van der Waals surface area contributed by atoms with E-state index in [4.69, 9.17) is 9.47 Å². The van der Waals surface area contributed by atoms with Crippen LogP contribution >= 0.6 is 15.9 Å². The number of H-pyrrole nitrogens is 1. The number of hydrogen-bond donors (Lipinski definition) is 2. The van der Waals surface area contributed by atoms with Gasteiger partial charge in [0.2, 0.25) is 0 Å². The molecule has 9 heteroatoms. The van der Waals surface area contributed by atoms with Crippen molar-refractivity contribution in [3.8, 4) is 17.5 Å². The van der Waals surface area contributed by atoms with Gasteiger partial charge in [0.1, 0.15) is 11.5 Å². The summed E-state index contributed by atoms with van der Waals surface area (Å²) in [5.74, 6) is 1.33. The molecule has 2 amide bonds. The van der Waals surface area contributed by atoms with Crippen LogP contribution in [0.4, 0.5) is 10.5 Å². The molecule has 2 aromatic heterocycles. The number of rotatable bonds is 5. The number of carbonyl (C=O) groups excluding carboxylic acids is 1. The molecule has 7 rings (SSSR count). The third-order valence-corrected chi connectivity index (χ3v) is 8.01. The van der Waals surface area contributed by atoms with Crippen molar-refractivity contribution in [3.63, 3.8) is 0 Å². The Morgan fingerprint density at radius 2 is 1.76 bits per heavy atom. The molecule has 0 radical (unpaired) electrons. The van der Waals surface area contributed by atoms with Crippen LogP contribution in [0.1, 0.15) is 22.9 Å². The summed E-state index contributed by atoms with van der Waals surface area (Å²) in [6.45, 7) is 0.541. The third kappa shape index (κ3) is 4.81. The van der Waals surface area contributed by atoms with Gasteiger partial charge in [-0.2, -0.15) is 0 Å². The van der Waals surface area contributed by atoms with Gasteiger partial charge in [0.15, 0.2) is 0 Å². The molecule has 6 aromatic rings. The maximum absolute atomic E-state index is 14.0. The van der Waals surface area contributed by atoms with Gasteiger partial charge in [0, 0.05) is 47.3 Å². The van der Waals surface area contributed by atoms with Gasteiger partial charge in [-0.25, -0.2) is 14.8 Å². The molecule has 3 heterocycles. The monoisotopic (exact) mass is 619 g/mol. The van der Waals surface area contributed by atoms with Gasteiger partial charge < -0.3 is 24.7 Å². The number of hydrogen-bond acceptors (Lipinski definition) is 5. The Hall–Kier alpha value is -4.89. The Bertz CT molecular complexity index is 1930. The number of aromatic nitrogens is 3. The Labute approximate surface area is 250 Å². The molecule has 1 unspecified atom stereocenters. The summed E-state index contributed by atoms with van der Waals surface area (Å²) in [6, 6.07) is 27.5. The second-order valence-corrected chi connectivity index (χ2v) is 11.0. The van der Waals surface area contributed by atoms with Crippen LogP contribution in [0.3, 0.4) is 0 Å². The molecule has 1 atom stereocenters. The van der Waals surface area contributed by atoms with E-state index in [-0.39, 0.29) is 18.1 Å². The fourth-order valence-electron chi connectivity index (χ4n) is 5.72. The predicted octanol–water partition coefficient (Wildman–Crippen LogP) is 7.85. The summed E-state index contributed by atoms with van der Waals surface area (Å²) < 4.78 is 12.1. The van der Waals surface area contributed by atoms with E-state index in [9.17, 15) is 4.79 Å². The number of urea groups is 1. The van der Waals surface area contributed by atoms with Crippen LogP contribution in [0.25, 0.3) is 21.7 Å². The van der Waals surface area contributed by atoms with Gasteiger partial charge in [-0.1, -0.05) is 48.5 Å². The Morgan fingerprint density at radius 1 is 0.952 bits per heavy atom. The number of aromatic amines is 1. The molecule has 1 aliphatic rings. The van der Waals surface area contributed by atoms with Gasteiger partial charge in [-0.3, -0.25) is 0 Å². The molecule has 0 aliphatic carbocycles. The molecule has 0 fully saturated rings. The first-order valence-corrected chi connectivity index (χ1v) is 14.4. The summed E-state index contributed by atoms with van der Waals surface area (Å²) >= 11 is 3.33. The van der Waals surface area contributed by atoms with Crippen molar-refractivity contribution in [2.45, 2.75) is 12.5 Å². The number of methoxy groups -OCH3 is 1. The largest absolute Gasteiger partial charge is 0.497 e. The summed E-state index contributed by atoms with van der Waals surface area (Å²) in [6.07, 6.45) is 3.94.